The van der Waals surface area contributed by atoms with Crippen LogP contribution in [0.3, 0.4) is 0 Å². The Kier molecular flexibility index (Phi) is 5.71. The van der Waals surface area contributed by atoms with E-state index in [1.165, 1.54) is 38.5 Å². The van der Waals surface area contributed by atoms with Gasteiger partial charge >= 0.3 is 0 Å². The highest BCUT2D eigenvalue weighted by atomic mass is 79.9. The number of benzene rings is 1. The topological polar surface area (TPSA) is 32.3 Å². The minimum Gasteiger partial charge on any atom is -0.506 e. The van der Waals surface area contributed by atoms with Gasteiger partial charge in [0.05, 0.1) is 4.47 Å². The van der Waals surface area contributed by atoms with Crippen molar-refractivity contribution in [1.29, 1.82) is 0 Å². The standard InChI is InChI=1S/C16H24BrNO/c1-12(13-7-4-2-3-5-8-13)18-11-14-9-6-10-15(17)16(14)19/h6,9-10,12-13,18-19H,2-5,7-8,11H2,1H3/t12-/m0/s1. The number of hydrogen-bond donors (Lipinski definition) is 2. The Morgan fingerprint density at radius 1 is 1.26 bits per heavy atom. The average Bonchev–Trinajstić information content (AvgIpc) is 2.69. The number of aromatic hydroxyl groups is 1. The SMILES string of the molecule is C[C@H](NCc1cccc(Br)c1O)C1CCCCCC1. The highest BCUT2D eigenvalue weighted by Gasteiger charge is 2.18. The van der Waals surface area contributed by atoms with Crippen LogP contribution in [0.4, 0.5) is 0 Å². The number of halogens is 1. The molecule has 3 heteroatoms. The van der Waals surface area contributed by atoms with E-state index in [0.29, 0.717) is 11.8 Å². The van der Waals surface area contributed by atoms with Crippen LogP contribution in [0.15, 0.2) is 22.7 Å². The second-order valence-corrected chi connectivity index (χ2v) is 6.52. The van der Waals surface area contributed by atoms with E-state index >= 15 is 0 Å². The van der Waals surface area contributed by atoms with Gasteiger partial charge in [-0.15, -0.1) is 0 Å². The third-order valence-electron chi connectivity index (χ3n) is 4.29. The van der Waals surface area contributed by atoms with Gasteiger partial charge in [0.15, 0.2) is 0 Å². The van der Waals surface area contributed by atoms with Crippen LogP contribution in [0.2, 0.25) is 0 Å². The van der Waals surface area contributed by atoms with E-state index in [9.17, 15) is 5.11 Å². The van der Waals surface area contributed by atoms with Gasteiger partial charge in [-0.25, -0.2) is 0 Å². The van der Waals surface area contributed by atoms with Gasteiger partial charge in [0, 0.05) is 18.2 Å². The molecule has 0 unspecified atom stereocenters. The molecule has 1 aromatic rings. The van der Waals surface area contributed by atoms with Crippen LogP contribution in [0.25, 0.3) is 0 Å². The Morgan fingerprint density at radius 3 is 2.63 bits per heavy atom. The summed E-state index contributed by atoms with van der Waals surface area (Å²) in [5.74, 6) is 1.15. The molecule has 0 aromatic heterocycles. The molecule has 0 spiro atoms. The third-order valence-corrected chi connectivity index (χ3v) is 4.93. The molecule has 19 heavy (non-hydrogen) atoms. The molecule has 2 nitrogen and oxygen atoms in total. The van der Waals surface area contributed by atoms with Crippen molar-refractivity contribution in [3.05, 3.63) is 28.2 Å². The van der Waals surface area contributed by atoms with Crippen molar-refractivity contribution in [1.82, 2.24) is 5.32 Å². The lowest BCUT2D eigenvalue weighted by Crippen LogP contribution is -2.32. The van der Waals surface area contributed by atoms with Crippen LogP contribution in [0.5, 0.6) is 5.75 Å². The van der Waals surface area contributed by atoms with Gasteiger partial charge in [0.1, 0.15) is 5.75 Å². The van der Waals surface area contributed by atoms with Gasteiger partial charge in [0.25, 0.3) is 0 Å². The third kappa shape index (κ3) is 4.22. The summed E-state index contributed by atoms with van der Waals surface area (Å²) in [5.41, 5.74) is 0.967. The van der Waals surface area contributed by atoms with Gasteiger partial charge < -0.3 is 10.4 Å². The van der Waals surface area contributed by atoms with E-state index in [1.807, 2.05) is 18.2 Å². The maximum atomic E-state index is 9.98. The molecule has 0 saturated heterocycles. The first-order chi connectivity index (χ1) is 9.18. The van der Waals surface area contributed by atoms with Gasteiger partial charge in [0.2, 0.25) is 0 Å². The summed E-state index contributed by atoms with van der Waals surface area (Å²) in [6.45, 7) is 3.02. The second-order valence-electron chi connectivity index (χ2n) is 5.67. The molecule has 1 fully saturated rings. The second kappa shape index (κ2) is 7.30. The van der Waals surface area contributed by atoms with Crippen LogP contribution in [0, 0.1) is 5.92 Å². The number of phenolic OH excluding ortho intramolecular Hbond substituents is 1. The summed E-state index contributed by atoms with van der Waals surface area (Å²) in [6, 6.07) is 6.34. The first kappa shape index (κ1) is 14.9. The van der Waals surface area contributed by atoms with E-state index in [2.05, 4.69) is 28.2 Å². The Labute approximate surface area is 124 Å². The van der Waals surface area contributed by atoms with E-state index in [-0.39, 0.29) is 0 Å². The van der Waals surface area contributed by atoms with Crippen molar-refractivity contribution in [2.45, 2.75) is 58.0 Å². The normalized spacial score (nSPS) is 19.1. The van der Waals surface area contributed by atoms with Crippen molar-refractivity contribution in [3.8, 4) is 5.75 Å². The van der Waals surface area contributed by atoms with Crippen LogP contribution in [-0.4, -0.2) is 11.1 Å². The summed E-state index contributed by atoms with van der Waals surface area (Å²) in [7, 11) is 0. The maximum Gasteiger partial charge on any atom is 0.134 e. The highest BCUT2D eigenvalue weighted by Crippen LogP contribution is 2.28. The number of hydrogen-bond acceptors (Lipinski definition) is 2. The monoisotopic (exact) mass is 325 g/mol. The Balaban J connectivity index is 1.88. The van der Waals surface area contributed by atoms with Gasteiger partial charge in [-0.2, -0.15) is 0 Å². The quantitative estimate of drug-likeness (QED) is 0.793. The molecule has 0 bridgehead atoms. The van der Waals surface area contributed by atoms with E-state index in [1.54, 1.807) is 0 Å². The van der Waals surface area contributed by atoms with Crippen molar-refractivity contribution in [2.24, 2.45) is 5.92 Å². The molecular weight excluding hydrogens is 302 g/mol. The summed E-state index contributed by atoms with van der Waals surface area (Å²) in [5, 5.41) is 13.6. The Bertz CT molecular complexity index is 400. The Hall–Kier alpha value is -0.540. The van der Waals surface area contributed by atoms with Crippen LogP contribution >= 0.6 is 15.9 Å². The zero-order valence-corrected chi connectivity index (χ0v) is 13.2. The van der Waals surface area contributed by atoms with E-state index in [0.717, 1.165) is 22.5 Å². The Morgan fingerprint density at radius 2 is 1.95 bits per heavy atom. The zero-order chi connectivity index (χ0) is 13.7. The molecule has 106 valence electrons. The molecule has 0 amide bonds. The smallest absolute Gasteiger partial charge is 0.134 e. The summed E-state index contributed by atoms with van der Waals surface area (Å²) in [4.78, 5) is 0. The highest BCUT2D eigenvalue weighted by molar-refractivity contribution is 9.10. The molecule has 2 N–H and O–H groups in total. The molecule has 2 rings (SSSR count). The molecule has 1 saturated carbocycles. The molecule has 1 aromatic carbocycles. The fraction of sp³-hybridized carbons (Fsp3) is 0.625. The van der Waals surface area contributed by atoms with Crippen molar-refractivity contribution in [2.75, 3.05) is 0 Å². The molecular formula is C16H24BrNO. The van der Waals surface area contributed by atoms with Gasteiger partial charge in [-0.05, 0) is 47.7 Å². The largest absolute Gasteiger partial charge is 0.506 e. The van der Waals surface area contributed by atoms with Gasteiger partial charge in [-0.1, -0.05) is 37.8 Å². The number of phenols is 1. The van der Waals surface area contributed by atoms with Crippen LogP contribution in [0.1, 0.15) is 51.0 Å². The number of rotatable bonds is 4. The predicted octanol–water partition coefficient (Wildman–Crippen LogP) is 4.60. The number of nitrogens with one attached hydrogen (secondary N) is 1. The molecule has 1 aliphatic rings. The van der Waals surface area contributed by atoms with Crippen molar-refractivity contribution >= 4 is 15.9 Å². The first-order valence-electron chi connectivity index (χ1n) is 7.38. The fourth-order valence-corrected chi connectivity index (χ4v) is 3.36. The molecule has 1 aliphatic carbocycles. The van der Waals surface area contributed by atoms with Crippen LogP contribution in [-0.2, 0) is 6.54 Å². The summed E-state index contributed by atoms with van der Waals surface area (Å²) < 4.78 is 0.772. The molecule has 0 heterocycles. The van der Waals surface area contributed by atoms with E-state index in [4.69, 9.17) is 0 Å². The average molecular weight is 326 g/mol. The van der Waals surface area contributed by atoms with Crippen molar-refractivity contribution in [3.63, 3.8) is 0 Å². The van der Waals surface area contributed by atoms with Crippen molar-refractivity contribution < 1.29 is 5.11 Å². The molecule has 1 atom stereocenters. The fourth-order valence-electron chi connectivity index (χ4n) is 2.95. The minimum absolute atomic E-state index is 0.364. The minimum atomic E-state index is 0.364. The van der Waals surface area contributed by atoms with E-state index < -0.39 is 0 Å². The lowest BCUT2D eigenvalue weighted by atomic mass is 9.93. The maximum absolute atomic E-state index is 9.98. The number of para-hydroxylation sites is 1. The van der Waals surface area contributed by atoms with Gasteiger partial charge in [-0.3, -0.25) is 0 Å². The summed E-state index contributed by atoms with van der Waals surface area (Å²) in [6.07, 6.45) is 8.24. The summed E-state index contributed by atoms with van der Waals surface area (Å²) >= 11 is 3.36. The molecule has 0 radical (unpaired) electrons. The first-order valence-corrected chi connectivity index (χ1v) is 8.17. The molecule has 0 aliphatic heterocycles. The lowest BCUT2D eigenvalue weighted by molar-refractivity contribution is 0.334. The van der Waals surface area contributed by atoms with Crippen LogP contribution < -0.4 is 5.32 Å². The predicted molar refractivity (Wildman–Crippen MR) is 83.3 cm³/mol. The zero-order valence-electron chi connectivity index (χ0n) is 11.7. The lowest BCUT2D eigenvalue weighted by Gasteiger charge is -2.24.